The molecule has 1 aromatic carbocycles. The van der Waals surface area contributed by atoms with Crippen molar-refractivity contribution in [3.8, 4) is 5.75 Å². The molecule has 0 amide bonds. The number of allylic oxidation sites excluding steroid dienone is 5. The molecule has 1 rings (SSSR count). The van der Waals surface area contributed by atoms with Gasteiger partial charge in [-0.15, -0.1) is 0 Å². The van der Waals surface area contributed by atoms with Gasteiger partial charge in [0.15, 0.2) is 0 Å². The van der Waals surface area contributed by atoms with Gasteiger partial charge in [0.2, 0.25) is 0 Å². The van der Waals surface area contributed by atoms with E-state index in [9.17, 15) is 26.7 Å². The summed E-state index contributed by atoms with van der Waals surface area (Å²) >= 11 is 0. The number of unbranched alkanes of at least 4 members (excludes halogenated alkanes) is 1. The van der Waals surface area contributed by atoms with Gasteiger partial charge in [-0.2, -0.15) is 22.0 Å². The highest BCUT2D eigenvalue weighted by atomic mass is 19.4. The first-order chi connectivity index (χ1) is 14.7. The molecular weight excluding hydrogens is 431 g/mol. The fourth-order valence-electron chi connectivity index (χ4n) is 2.87. The van der Waals surface area contributed by atoms with Crippen LogP contribution in [0.3, 0.4) is 0 Å². The maximum atomic E-state index is 14.2. The van der Waals surface area contributed by atoms with E-state index in [2.05, 4.69) is 0 Å². The average Bonchev–Trinajstić information content (AvgIpc) is 2.66. The lowest BCUT2D eigenvalue weighted by molar-refractivity contribution is -0.289. The molecule has 0 saturated heterocycles. The van der Waals surface area contributed by atoms with E-state index in [0.717, 1.165) is 24.6 Å². The summed E-state index contributed by atoms with van der Waals surface area (Å²) in [6.07, 6.45) is 1.28. The number of carboxylic acid groups (broad SMARTS) is 1. The molecule has 32 heavy (non-hydrogen) atoms. The van der Waals surface area contributed by atoms with Crippen LogP contribution in [-0.4, -0.2) is 23.9 Å². The molecular formula is C24H29F5O3. The monoisotopic (exact) mass is 460 g/mol. The number of rotatable bonds is 10. The lowest BCUT2D eigenvalue weighted by Gasteiger charge is -2.25. The third-order valence-electron chi connectivity index (χ3n) is 4.68. The van der Waals surface area contributed by atoms with Crippen LogP contribution in [0.5, 0.6) is 5.75 Å². The van der Waals surface area contributed by atoms with Crippen LogP contribution >= 0.6 is 0 Å². The third-order valence-corrected chi connectivity index (χ3v) is 4.68. The minimum atomic E-state index is -5.74. The summed E-state index contributed by atoms with van der Waals surface area (Å²) in [5.74, 6) is -6.23. The van der Waals surface area contributed by atoms with Crippen LogP contribution < -0.4 is 4.74 Å². The van der Waals surface area contributed by atoms with E-state index >= 15 is 0 Å². The average molecular weight is 460 g/mol. The minimum absolute atomic E-state index is 0.135. The highest BCUT2D eigenvalue weighted by Crippen LogP contribution is 2.47. The van der Waals surface area contributed by atoms with Gasteiger partial charge < -0.3 is 9.84 Å². The molecule has 1 aromatic rings. The van der Waals surface area contributed by atoms with Crippen molar-refractivity contribution >= 4 is 11.5 Å². The smallest absolute Gasteiger partial charge is 0.458 e. The van der Waals surface area contributed by atoms with Crippen molar-refractivity contribution in [3.05, 3.63) is 58.7 Å². The number of hydrogen-bond acceptors (Lipinski definition) is 2. The van der Waals surface area contributed by atoms with Crippen molar-refractivity contribution in [2.45, 2.75) is 65.5 Å². The van der Waals surface area contributed by atoms with Crippen LogP contribution in [0.1, 0.15) is 70.1 Å². The Kier molecular flexibility index (Phi) is 9.67. The Morgan fingerprint density at radius 2 is 1.78 bits per heavy atom. The number of benzene rings is 1. The van der Waals surface area contributed by atoms with Crippen molar-refractivity contribution in [2.24, 2.45) is 0 Å². The van der Waals surface area contributed by atoms with Crippen molar-refractivity contribution in [3.63, 3.8) is 0 Å². The molecule has 0 atom stereocenters. The molecule has 0 aliphatic rings. The zero-order chi connectivity index (χ0) is 24.7. The van der Waals surface area contributed by atoms with E-state index in [1.807, 2.05) is 6.92 Å². The second-order valence-corrected chi connectivity index (χ2v) is 7.81. The van der Waals surface area contributed by atoms with Crippen molar-refractivity contribution < 1.29 is 36.6 Å². The molecule has 0 aliphatic carbocycles. The minimum Gasteiger partial charge on any atom is -0.493 e. The topological polar surface area (TPSA) is 46.5 Å². The van der Waals surface area contributed by atoms with Gasteiger partial charge in [-0.05, 0) is 55.0 Å². The summed E-state index contributed by atoms with van der Waals surface area (Å²) in [7, 11) is 0. The van der Waals surface area contributed by atoms with Gasteiger partial charge in [0, 0.05) is 17.2 Å². The van der Waals surface area contributed by atoms with Crippen LogP contribution in [-0.2, 0) is 10.7 Å². The molecule has 0 heterocycles. The molecule has 0 saturated carbocycles. The number of carbonyl (C=O) groups is 1. The first-order valence-electron chi connectivity index (χ1n) is 10.2. The summed E-state index contributed by atoms with van der Waals surface area (Å²) in [5.41, 5.74) is 0.0796. The van der Waals surface area contributed by atoms with Crippen LogP contribution in [0.25, 0.3) is 5.57 Å². The van der Waals surface area contributed by atoms with Gasteiger partial charge in [0.05, 0.1) is 6.61 Å². The zero-order valence-electron chi connectivity index (χ0n) is 18.8. The Bertz CT molecular complexity index is 894. The lowest BCUT2D eigenvalue weighted by Crippen LogP contribution is -2.34. The third kappa shape index (κ3) is 7.21. The van der Waals surface area contributed by atoms with Gasteiger partial charge >= 0.3 is 18.1 Å². The number of ether oxygens (including phenoxy) is 1. The summed E-state index contributed by atoms with van der Waals surface area (Å²) < 4.78 is 73.5. The number of alkyl halides is 5. The highest BCUT2D eigenvalue weighted by Gasteiger charge is 2.59. The molecule has 0 bridgehead atoms. The number of hydrogen-bond donors (Lipinski definition) is 1. The Balaban J connectivity index is 3.67. The maximum absolute atomic E-state index is 14.2. The second-order valence-electron chi connectivity index (χ2n) is 7.81. The largest absolute Gasteiger partial charge is 0.493 e. The quantitative estimate of drug-likeness (QED) is 0.169. The van der Waals surface area contributed by atoms with E-state index in [0.29, 0.717) is 24.2 Å². The highest BCUT2D eigenvalue weighted by molar-refractivity contribution is 5.81. The molecule has 0 aliphatic heterocycles. The molecule has 3 nitrogen and oxygen atoms in total. The summed E-state index contributed by atoms with van der Waals surface area (Å²) in [5, 5.41) is 8.76. The predicted molar refractivity (Wildman–Crippen MR) is 115 cm³/mol. The zero-order valence-corrected chi connectivity index (χ0v) is 18.8. The molecule has 0 fully saturated rings. The van der Waals surface area contributed by atoms with Crippen LogP contribution in [0.2, 0.25) is 0 Å². The maximum Gasteiger partial charge on any atom is 0.458 e. The Hall–Kier alpha value is -2.64. The van der Waals surface area contributed by atoms with Gasteiger partial charge in [-0.1, -0.05) is 45.4 Å². The number of halogens is 5. The van der Waals surface area contributed by atoms with E-state index in [4.69, 9.17) is 9.84 Å². The van der Waals surface area contributed by atoms with Crippen molar-refractivity contribution in [2.75, 3.05) is 6.61 Å². The van der Waals surface area contributed by atoms with E-state index in [-0.39, 0.29) is 22.8 Å². The molecule has 1 N–H and O–H groups in total. The fraction of sp³-hybridized carbons (Fsp3) is 0.458. The molecule has 0 spiro atoms. The molecule has 0 radical (unpaired) electrons. The van der Waals surface area contributed by atoms with Crippen LogP contribution in [0, 0.1) is 0 Å². The van der Waals surface area contributed by atoms with E-state index in [1.54, 1.807) is 27.7 Å². The van der Waals surface area contributed by atoms with Crippen LogP contribution in [0.15, 0.2) is 42.0 Å². The number of carboxylic acids is 1. The summed E-state index contributed by atoms with van der Waals surface area (Å²) in [4.78, 5) is 10.7. The Morgan fingerprint density at radius 1 is 1.16 bits per heavy atom. The molecule has 0 unspecified atom stereocenters. The standard InChI is InChI=1S/C24H29F5O3/c1-6-7-11-32-22-19(15(2)3)13-18(23(25,26)24(27,28)29)14-20(22)17(5)10-8-9-16(4)12-21(30)31/h8-10,12-15H,6-7,11H2,1-5H3,(H,30,31)/b9-8+,16-12+,17-10-. The second kappa shape index (κ2) is 11.3. The number of aliphatic carboxylic acids is 1. The normalized spacial score (nSPS) is 13.8. The van der Waals surface area contributed by atoms with E-state index < -0.39 is 23.6 Å². The van der Waals surface area contributed by atoms with Crippen molar-refractivity contribution in [1.29, 1.82) is 0 Å². The summed E-state index contributed by atoms with van der Waals surface area (Å²) in [6.45, 7) is 8.77. The first-order valence-corrected chi connectivity index (χ1v) is 10.2. The fourth-order valence-corrected chi connectivity index (χ4v) is 2.87. The molecule has 0 aromatic heterocycles. The van der Waals surface area contributed by atoms with Gasteiger partial charge in [0.1, 0.15) is 5.75 Å². The Morgan fingerprint density at radius 3 is 2.28 bits per heavy atom. The van der Waals surface area contributed by atoms with Crippen molar-refractivity contribution in [1.82, 2.24) is 0 Å². The van der Waals surface area contributed by atoms with Gasteiger partial charge in [-0.3, -0.25) is 0 Å². The molecule has 8 heteroatoms. The van der Waals surface area contributed by atoms with Crippen LogP contribution in [0.4, 0.5) is 22.0 Å². The van der Waals surface area contributed by atoms with E-state index in [1.165, 1.54) is 18.2 Å². The SMILES string of the molecule is CCCCOc1c(\C(C)=C/C=C/C(C)=C/C(=O)O)cc(C(F)(F)C(F)(F)F)cc1C(C)C. The predicted octanol–water partition coefficient (Wildman–Crippen LogP) is 7.63. The Labute approximate surface area is 185 Å². The molecule has 178 valence electrons. The van der Waals surface area contributed by atoms with Gasteiger partial charge in [-0.25, -0.2) is 4.79 Å². The lowest BCUT2D eigenvalue weighted by atomic mass is 9.91. The first kappa shape index (κ1) is 27.4. The summed E-state index contributed by atoms with van der Waals surface area (Å²) in [6, 6.07) is 1.69. The van der Waals surface area contributed by atoms with Gasteiger partial charge in [0.25, 0.3) is 0 Å².